The van der Waals surface area contributed by atoms with Gasteiger partial charge in [-0.3, -0.25) is 4.79 Å². The molecule has 0 radical (unpaired) electrons. The molecule has 0 bridgehead atoms. The fraction of sp³-hybridized carbons (Fsp3) is 0.381. The number of carbonyl (C=O) groups excluding carboxylic acids is 1. The third-order valence-corrected chi connectivity index (χ3v) is 4.87. The Morgan fingerprint density at radius 3 is 2.26 bits per heavy atom. The third-order valence-electron chi connectivity index (χ3n) is 4.87. The molecule has 1 N–H and O–H groups in total. The standard InChI is InChI=1S/C21H25F2N3O/c22-18-6-2-1-5-17(18)9-11-24-12-10-21(27)26-15-13-25(14-16-26)20-8-4-3-7-19(20)23/h1-8,24H,9-16H2. The zero-order valence-electron chi connectivity index (χ0n) is 15.3. The Morgan fingerprint density at radius 1 is 0.889 bits per heavy atom. The van der Waals surface area contributed by atoms with Crippen molar-refractivity contribution in [3.05, 3.63) is 65.7 Å². The highest BCUT2D eigenvalue weighted by Gasteiger charge is 2.22. The van der Waals surface area contributed by atoms with Crippen molar-refractivity contribution < 1.29 is 13.6 Å². The van der Waals surface area contributed by atoms with E-state index in [1.54, 1.807) is 24.3 Å². The lowest BCUT2D eigenvalue weighted by atomic mass is 10.1. The first-order chi connectivity index (χ1) is 13.1. The zero-order chi connectivity index (χ0) is 19.1. The molecule has 1 aliphatic rings. The number of nitrogens with zero attached hydrogens (tertiary/aromatic N) is 2. The number of hydrogen-bond donors (Lipinski definition) is 1. The van der Waals surface area contributed by atoms with Gasteiger partial charge < -0.3 is 15.1 Å². The highest BCUT2D eigenvalue weighted by Crippen LogP contribution is 2.20. The van der Waals surface area contributed by atoms with Crippen LogP contribution in [-0.4, -0.2) is 50.1 Å². The van der Waals surface area contributed by atoms with Crippen LogP contribution in [0.2, 0.25) is 0 Å². The van der Waals surface area contributed by atoms with E-state index in [-0.39, 0.29) is 17.5 Å². The summed E-state index contributed by atoms with van der Waals surface area (Å²) in [5.74, 6) is -0.319. The quantitative estimate of drug-likeness (QED) is 0.758. The van der Waals surface area contributed by atoms with Gasteiger partial charge >= 0.3 is 0 Å². The minimum absolute atomic E-state index is 0.0987. The minimum Gasteiger partial charge on any atom is -0.366 e. The van der Waals surface area contributed by atoms with Crippen molar-refractivity contribution in [3.8, 4) is 0 Å². The summed E-state index contributed by atoms with van der Waals surface area (Å²) in [5.41, 5.74) is 1.28. The van der Waals surface area contributed by atoms with Crippen molar-refractivity contribution >= 4 is 11.6 Å². The maximum Gasteiger partial charge on any atom is 0.223 e. The van der Waals surface area contributed by atoms with Gasteiger partial charge in [-0.2, -0.15) is 0 Å². The van der Waals surface area contributed by atoms with Crippen molar-refractivity contribution in [2.24, 2.45) is 0 Å². The summed E-state index contributed by atoms with van der Waals surface area (Å²) >= 11 is 0. The largest absolute Gasteiger partial charge is 0.366 e. The van der Waals surface area contributed by atoms with Crippen molar-refractivity contribution in [3.63, 3.8) is 0 Å². The first-order valence-corrected chi connectivity index (χ1v) is 9.36. The molecule has 1 amide bonds. The molecule has 0 aromatic heterocycles. The Labute approximate surface area is 158 Å². The summed E-state index contributed by atoms with van der Waals surface area (Å²) in [6.45, 7) is 3.67. The smallest absolute Gasteiger partial charge is 0.223 e. The van der Waals surface area contributed by atoms with E-state index in [0.717, 1.165) is 0 Å². The molecule has 0 aliphatic carbocycles. The molecule has 1 saturated heterocycles. The molecule has 2 aromatic rings. The number of anilines is 1. The molecule has 0 saturated carbocycles. The van der Waals surface area contributed by atoms with Gasteiger partial charge in [-0.25, -0.2) is 8.78 Å². The SMILES string of the molecule is O=C(CCNCCc1ccccc1F)N1CCN(c2ccccc2F)CC1. The van der Waals surface area contributed by atoms with Gasteiger partial charge in [0.2, 0.25) is 5.91 Å². The van der Waals surface area contributed by atoms with Gasteiger partial charge in [-0.1, -0.05) is 30.3 Å². The number of piperazine rings is 1. The van der Waals surface area contributed by atoms with E-state index >= 15 is 0 Å². The summed E-state index contributed by atoms with van der Waals surface area (Å²) in [5, 5.41) is 3.20. The van der Waals surface area contributed by atoms with E-state index in [2.05, 4.69) is 5.32 Å². The molecule has 0 unspecified atom stereocenters. The van der Waals surface area contributed by atoms with Crippen LogP contribution in [-0.2, 0) is 11.2 Å². The van der Waals surface area contributed by atoms with Crippen LogP contribution in [0.15, 0.2) is 48.5 Å². The van der Waals surface area contributed by atoms with Crippen LogP contribution in [0.1, 0.15) is 12.0 Å². The number of para-hydroxylation sites is 1. The summed E-state index contributed by atoms with van der Waals surface area (Å²) < 4.78 is 27.4. The predicted octanol–water partition coefficient (Wildman–Crippen LogP) is 2.84. The number of hydrogen-bond acceptors (Lipinski definition) is 3. The number of halogens is 2. The molecule has 0 spiro atoms. The number of benzene rings is 2. The Bertz CT molecular complexity index is 761. The monoisotopic (exact) mass is 373 g/mol. The van der Waals surface area contributed by atoms with Crippen LogP contribution in [0.5, 0.6) is 0 Å². The van der Waals surface area contributed by atoms with Crippen molar-refractivity contribution in [1.82, 2.24) is 10.2 Å². The molecule has 6 heteroatoms. The molecule has 2 aromatic carbocycles. The van der Waals surface area contributed by atoms with Crippen molar-refractivity contribution in [2.75, 3.05) is 44.2 Å². The van der Waals surface area contributed by atoms with Crippen LogP contribution in [0.3, 0.4) is 0 Å². The highest BCUT2D eigenvalue weighted by molar-refractivity contribution is 5.76. The minimum atomic E-state index is -0.226. The van der Waals surface area contributed by atoms with Crippen LogP contribution in [0.25, 0.3) is 0 Å². The molecule has 4 nitrogen and oxygen atoms in total. The van der Waals surface area contributed by atoms with Gasteiger partial charge in [0.15, 0.2) is 0 Å². The Hall–Kier alpha value is -2.47. The van der Waals surface area contributed by atoms with E-state index in [1.807, 2.05) is 21.9 Å². The predicted molar refractivity (Wildman–Crippen MR) is 103 cm³/mol. The van der Waals surface area contributed by atoms with Crippen LogP contribution >= 0.6 is 0 Å². The summed E-state index contributed by atoms with van der Waals surface area (Å²) in [4.78, 5) is 16.1. The first-order valence-electron chi connectivity index (χ1n) is 9.36. The lowest BCUT2D eigenvalue weighted by Gasteiger charge is -2.36. The van der Waals surface area contributed by atoms with E-state index in [9.17, 15) is 13.6 Å². The Kier molecular flexibility index (Phi) is 6.76. The second-order valence-electron chi connectivity index (χ2n) is 6.66. The van der Waals surface area contributed by atoms with Crippen LogP contribution in [0, 0.1) is 11.6 Å². The van der Waals surface area contributed by atoms with Crippen molar-refractivity contribution in [2.45, 2.75) is 12.8 Å². The number of nitrogens with one attached hydrogen (secondary N) is 1. The molecule has 0 atom stereocenters. The lowest BCUT2D eigenvalue weighted by Crippen LogP contribution is -2.49. The average Bonchev–Trinajstić information content (AvgIpc) is 2.69. The lowest BCUT2D eigenvalue weighted by molar-refractivity contribution is -0.131. The van der Waals surface area contributed by atoms with E-state index in [1.165, 1.54) is 12.1 Å². The molecule has 1 heterocycles. The van der Waals surface area contributed by atoms with Gasteiger partial charge in [-0.15, -0.1) is 0 Å². The third kappa shape index (κ3) is 5.26. The Balaban J connectivity index is 1.35. The molecule has 144 valence electrons. The number of amides is 1. The normalized spacial score (nSPS) is 14.4. The van der Waals surface area contributed by atoms with Gasteiger partial charge in [0.05, 0.1) is 5.69 Å². The van der Waals surface area contributed by atoms with Crippen molar-refractivity contribution in [1.29, 1.82) is 0 Å². The second kappa shape index (κ2) is 9.46. The zero-order valence-corrected chi connectivity index (χ0v) is 15.3. The average molecular weight is 373 g/mol. The number of carbonyl (C=O) groups is 1. The topological polar surface area (TPSA) is 35.6 Å². The molecule has 1 fully saturated rings. The first kappa shape index (κ1) is 19.3. The molecule has 1 aliphatic heterocycles. The fourth-order valence-corrected chi connectivity index (χ4v) is 3.31. The van der Waals surface area contributed by atoms with Gasteiger partial charge in [-0.05, 0) is 36.7 Å². The second-order valence-corrected chi connectivity index (χ2v) is 6.66. The maximum atomic E-state index is 13.9. The van der Waals surface area contributed by atoms with E-state index < -0.39 is 0 Å². The highest BCUT2D eigenvalue weighted by atomic mass is 19.1. The fourth-order valence-electron chi connectivity index (χ4n) is 3.31. The molecular weight excluding hydrogens is 348 g/mol. The summed E-state index contributed by atoms with van der Waals surface area (Å²) in [6.07, 6.45) is 1.01. The van der Waals surface area contributed by atoms with Gasteiger partial charge in [0.1, 0.15) is 11.6 Å². The summed E-state index contributed by atoms with van der Waals surface area (Å²) in [6, 6.07) is 13.5. The molecule has 27 heavy (non-hydrogen) atoms. The molecule has 3 rings (SSSR count). The Morgan fingerprint density at radius 2 is 1.56 bits per heavy atom. The van der Waals surface area contributed by atoms with E-state index in [4.69, 9.17) is 0 Å². The summed E-state index contributed by atoms with van der Waals surface area (Å²) in [7, 11) is 0. The maximum absolute atomic E-state index is 13.9. The van der Waals surface area contributed by atoms with E-state index in [0.29, 0.717) is 63.4 Å². The molecular formula is C21H25F2N3O. The van der Waals surface area contributed by atoms with Crippen LogP contribution in [0.4, 0.5) is 14.5 Å². The number of rotatable bonds is 7. The van der Waals surface area contributed by atoms with Crippen LogP contribution < -0.4 is 10.2 Å². The van der Waals surface area contributed by atoms with Gasteiger partial charge in [0.25, 0.3) is 0 Å². The van der Waals surface area contributed by atoms with Gasteiger partial charge in [0, 0.05) is 39.1 Å².